The minimum Gasteiger partial charge on any atom is -0.492 e. The molecule has 16 heavy (non-hydrogen) atoms. The molecule has 1 aromatic carbocycles. The number of hydrogen-bond acceptors (Lipinski definition) is 3. The summed E-state index contributed by atoms with van der Waals surface area (Å²) in [6, 6.07) is 5.34. The van der Waals surface area contributed by atoms with Crippen LogP contribution >= 0.6 is 11.6 Å². The molecule has 0 aliphatic rings. The summed E-state index contributed by atoms with van der Waals surface area (Å²) in [5.74, 6) is 0.572. The Morgan fingerprint density at radius 2 is 2.12 bits per heavy atom. The first kappa shape index (κ1) is 13.3. The molecule has 0 unspecified atom stereocenters. The quantitative estimate of drug-likeness (QED) is 0.750. The molecule has 0 spiro atoms. The number of aliphatic hydroxyl groups is 1. The van der Waals surface area contributed by atoms with E-state index < -0.39 is 0 Å². The predicted molar refractivity (Wildman–Crippen MR) is 64.0 cm³/mol. The van der Waals surface area contributed by atoms with Crippen LogP contribution in [-0.2, 0) is 11.3 Å². The third-order valence-corrected chi connectivity index (χ3v) is 2.40. The average molecular weight is 245 g/mol. The molecule has 0 atom stereocenters. The first-order valence-electron chi connectivity index (χ1n) is 5.38. The van der Waals surface area contributed by atoms with Crippen LogP contribution in [0.4, 0.5) is 0 Å². The van der Waals surface area contributed by atoms with E-state index in [4.69, 9.17) is 26.2 Å². The molecule has 0 aliphatic carbocycles. The van der Waals surface area contributed by atoms with Gasteiger partial charge in [0.15, 0.2) is 0 Å². The summed E-state index contributed by atoms with van der Waals surface area (Å²) in [5.41, 5.74) is 0.712. The molecule has 1 aromatic rings. The number of hydrogen-bond donors (Lipinski definition) is 1. The lowest BCUT2D eigenvalue weighted by Gasteiger charge is -2.11. The standard InChI is InChI=1S/C12H17ClO3/c1-2-15-7-4-8-16-12-10(9-14)5-3-6-11(12)13/h3,5-6,14H,2,4,7-9H2,1H3. The molecule has 0 fully saturated rings. The summed E-state index contributed by atoms with van der Waals surface area (Å²) >= 11 is 5.98. The maximum atomic E-state index is 9.12. The maximum Gasteiger partial charge on any atom is 0.143 e. The zero-order chi connectivity index (χ0) is 11.8. The molecule has 3 nitrogen and oxygen atoms in total. The van der Waals surface area contributed by atoms with Gasteiger partial charge in [-0.1, -0.05) is 23.7 Å². The Morgan fingerprint density at radius 3 is 2.81 bits per heavy atom. The van der Waals surface area contributed by atoms with E-state index in [0.717, 1.165) is 6.42 Å². The van der Waals surface area contributed by atoms with Crippen molar-refractivity contribution in [1.82, 2.24) is 0 Å². The molecular weight excluding hydrogens is 228 g/mol. The Bertz CT molecular complexity index is 315. The van der Waals surface area contributed by atoms with E-state index in [1.54, 1.807) is 18.2 Å². The number of rotatable bonds is 7. The fourth-order valence-corrected chi connectivity index (χ4v) is 1.57. The molecule has 0 amide bonds. The number of para-hydroxylation sites is 1. The number of benzene rings is 1. The fraction of sp³-hybridized carbons (Fsp3) is 0.500. The Morgan fingerprint density at radius 1 is 1.31 bits per heavy atom. The lowest BCUT2D eigenvalue weighted by atomic mass is 10.2. The van der Waals surface area contributed by atoms with Gasteiger partial charge in [0, 0.05) is 25.2 Å². The molecule has 90 valence electrons. The van der Waals surface area contributed by atoms with Crippen molar-refractivity contribution < 1.29 is 14.6 Å². The summed E-state index contributed by atoms with van der Waals surface area (Å²) < 4.78 is 10.7. The Labute approximate surface area is 101 Å². The normalized spacial score (nSPS) is 10.4. The van der Waals surface area contributed by atoms with Gasteiger partial charge in [-0.25, -0.2) is 0 Å². The van der Waals surface area contributed by atoms with Crippen molar-refractivity contribution in [2.75, 3.05) is 19.8 Å². The van der Waals surface area contributed by atoms with Crippen LogP contribution in [-0.4, -0.2) is 24.9 Å². The minimum atomic E-state index is -0.0681. The van der Waals surface area contributed by atoms with E-state index >= 15 is 0 Å². The summed E-state index contributed by atoms with van der Waals surface area (Å²) in [4.78, 5) is 0. The summed E-state index contributed by atoms with van der Waals surface area (Å²) in [5, 5.41) is 9.65. The molecule has 0 aliphatic heterocycles. The lowest BCUT2D eigenvalue weighted by molar-refractivity contribution is 0.130. The molecule has 0 saturated carbocycles. The molecule has 0 bridgehead atoms. The van der Waals surface area contributed by atoms with Gasteiger partial charge in [-0.05, 0) is 13.0 Å². The third kappa shape index (κ3) is 4.00. The second-order valence-corrected chi connectivity index (χ2v) is 3.69. The van der Waals surface area contributed by atoms with E-state index in [1.807, 2.05) is 6.92 Å². The molecule has 1 N–H and O–H groups in total. The molecule has 1 rings (SSSR count). The highest BCUT2D eigenvalue weighted by Gasteiger charge is 2.06. The van der Waals surface area contributed by atoms with Gasteiger partial charge in [0.2, 0.25) is 0 Å². The van der Waals surface area contributed by atoms with Crippen molar-refractivity contribution in [2.45, 2.75) is 20.0 Å². The fourth-order valence-electron chi connectivity index (χ4n) is 1.32. The van der Waals surface area contributed by atoms with Gasteiger partial charge in [-0.15, -0.1) is 0 Å². The predicted octanol–water partition coefficient (Wildman–Crippen LogP) is 2.64. The molecule has 0 saturated heterocycles. The summed E-state index contributed by atoms with van der Waals surface area (Å²) in [7, 11) is 0. The van der Waals surface area contributed by atoms with Gasteiger partial charge in [-0.2, -0.15) is 0 Å². The van der Waals surface area contributed by atoms with Crippen molar-refractivity contribution in [2.24, 2.45) is 0 Å². The Balaban J connectivity index is 2.46. The zero-order valence-corrected chi connectivity index (χ0v) is 10.2. The zero-order valence-electron chi connectivity index (χ0n) is 9.41. The smallest absolute Gasteiger partial charge is 0.143 e. The second kappa shape index (κ2) is 7.49. The molecule has 0 aromatic heterocycles. The topological polar surface area (TPSA) is 38.7 Å². The third-order valence-electron chi connectivity index (χ3n) is 2.10. The minimum absolute atomic E-state index is 0.0681. The molecule has 0 heterocycles. The first-order valence-corrected chi connectivity index (χ1v) is 5.76. The largest absolute Gasteiger partial charge is 0.492 e. The van der Waals surface area contributed by atoms with Gasteiger partial charge in [0.1, 0.15) is 5.75 Å². The highest BCUT2D eigenvalue weighted by molar-refractivity contribution is 6.32. The number of aliphatic hydroxyl groups excluding tert-OH is 1. The van der Waals surface area contributed by atoms with E-state index in [2.05, 4.69) is 0 Å². The summed E-state index contributed by atoms with van der Waals surface area (Å²) in [6.07, 6.45) is 0.809. The van der Waals surface area contributed by atoms with E-state index in [-0.39, 0.29) is 6.61 Å². The van der Waals surface area contributed by atoms with Crippen LogP contribution in [0.2, 0.25) is 5.02 Å². The van der Waals surface area contributed by atoms with Crippen molar-refractivity contribution in [3.05, 3.63) is 28.8 Å². The first-order chi connectivity index (χ1) is 7.79. The van der Waals surface area contributed by atoms with Crippen LogP contribution in [0.25, 0.3) is 0 Å². The maximum absolute atomic E-state index is 9.12. The summed E-state index contributed by atoms with van der Waals surface area (Å²) in [6.45, 7) is 3.82. The Hall–Kier alpha value is -0.770. The van der Waals surface area contributed by atoms with Gasteiger partial charge in [-0.3, -0.25) is 0 Å². The lowest BCUT2D eigenvalue weighted by Crippen LogP contribution is -2.04. The van der Waals surface area contributed by atoms with Crippen LogP contribution in [0.15, 0.2) is 18.2 Å². The van der Waals surface area contributed by atoms with Gasteiger partial charge >= 0.3 is 0 Å². The van der Waals surface area contributed by atoms with Crippen molar-refractivity contribution in [1.29, 1.82) is 0 Å². The van der Waals surface area contributed by atoms with Crippen LogP contribution in [0.3, 0.4) is 0 Å². The van der Waals surface area contributed by atoms with Crippen LogP contribution in [0.1, 0.15) is 18.9 Å². The SMILES string of the molecule is CCOCCCOc1c(Cl)cccc1CO. The van der Waals surface area contributed by atoms with Crippen molar-refractivity contribution in [3.8, 4) is 5.75 Å². The molecule has 0 radical (unpaired) electrons. The Kier molecular flexibility index (Phi) is 6.23. The highest BCUT2D eigenvalue weighted by atomic mass is 35.5. The van der Waals surface area contributed by atoms with Gasteiger partial charge in [0.05, 0.1) is 18.2 Å². The number of halogens is 1. The van der Waals surface area contributed by atoms with Gasteiger partial charge < -0.3 is 14.6 Å². The van der Waals surface area contributed by atoms with Crippen molar-refractivity contribution >= 4 is 11.6 Å². The second-order valence-electron chi connectivity index (χ2n) is 3.29. The van der Waals surface area contributed by atoms with Crippen molar-refractivity contribution in [3.63, 3.8) is 0 Å². The van der Waals surface area contributed by atoms with Crippen LogP contribution < -0.4 is 4.74 Å². The molecular formula is C12H17ClO3. The van der Waals surface area contributed by atoms with Crippen LogP contribution in [0.5, 0.6) is 5.75 Å². The number of ether oxygens (including phenoxy) is 2. The average Bonchev–Trinajstić information content (AvgIpc) is 2.30. The molecule has 4 heteroatoms. The van der Waals surface area contributed by atoms with E-state index in [9.17, 15) is 0 Å². The van der Waals surface area contributed by atoms with E-state index in [0.29, 0.717) is 36.2 Å². The van der Waals surface area contributed by atoms with Crippen LogP contribution in [0, 0.1) is 0 Å². The van der Waals surface area contributed by atoms with E-state index in [1.165, 1.54) is 0 Å². The highest BCUT2D eigenvalue weighted by Crippen LogP contribution is 2.28. The monoisotopic (exact) mass is 244 g/mol. The van der Waals surface area contributed by atoms with Gasteiger partial charge in [0.25, 0.3) is 0 Å².